The summed E-state index contributed by atoms with van der Waals surface area (Å²) in [7, 11) is 0. The summed E-state index contributed by atoms with van der Waals surface area (Å²) < 4.78 is 9.66. The SMILES string of the molecule is Cc1ccc2nc(N3CC(C(=O)Nc4cccc5nsnc45)C3)sc2c1. The Labute approximate surface area is 157 Å². The van der Waals surface area contributed by atoms with E-state index in [0.717, 1.165) is 39.1 Å². The average Bonchev–Trinajstić information content (AvgIpc) is 3.20. The van der Waals surface area contributed by atoms with Crippen LogP contribution in [-0.2, 0) is 4.79 Å². The molecular weight excluding hydrogens is 366 g/mol. The van der Waals surface area contributed by atoms with Gasteiger partial charge in [-0.3, -0.25) is 4.79 Å². The molecule has 130 valence electrons. The number of carbonyl (C=O) groups excluding carboxylic acids is 1. The van der Waals surface area contributed by atoms with Crippen LogP contribution in [0.1, 0.15) is 5.56 Å². The molecule has 8 heteroatoms. The smallest absolute Gasteiger partial charge is 0.231 e. The number of nitrogens with zero attached hydrogens (tertiary/aromatic N) is 4. The summed E-state index contributed by atoms with van der Waals surface area (Å²) >= 11 is 2.84. The van der Waals surface area contributed by atoms with Gasteiger partial charge in [-0.1, -0.05) is 23.5 Å². The highest BCUT2D eigenvalue weighted by Gasteiger charge is 2.34. The molecule has 0 bridgehead atoms. The normalized spacial score (nSPS) is 14.7. The van der Waals surface area contributed by atoms with E-state index in [1.165, 1.54) is 10.3 Å². The van der Waals surface area contributed by atoms with Gasteiger partial charge in [-0.05, 0) is 36.8 Å². The van der Waals surface area contributed by atoms with Crippen molar-refractivity contribution in [2.45, 2.75) is 6.92 Å². The van der Waals surface area contributed by atoms with Crippen LogP contribution in [-0.4, -0.2) is 32.7 Å². The first kappa shape index (κ1) is 15.7. The van der Waals surface area contributed by atoms with Crippen LogP contribution in [0.2, 0.25) is 0 Å². The molecule has 1 aliphatic heterocycles. The number of hydrogen-bond donors (Lipinski definition) is 1. The Morgan fingerprint density at radius 3 is 2.96 bits per heavy atom. The molecule has 1 fully saturated rings. The minimum Gasteiger partial charge on any atom is -0.346 e. The number of carbonyl (C=O) groups is 1. The highest BCUT2D eigenvalue weighted by molar-refractivity contribution is 7.22. The number of benzene rings is 2. The Morgan fingerprint density at radius 2 is 2.08 bits per heavy atom. The molecule has 0 radical (unpaired) electrons. The zero-order valence-electron chi connectivity index (χ0n) is 14.0. The molecule has 4 aromatic rings. The van der Waals surface area contributed by atoms with Gasteiger partial charge in [0.25, 0.3) is 0 Å². The molecule has 0 unspecified atom stereocenters. The molecule has 1 amide bonds. The number of thiazole rings is 1. The largest absolute Gasteiger partial charge is 0.346 e. The lowest BCUT2D eigenvalue weighted by Crippen LogP contribution is -2.52. The Kier molecular flexibility index (Phi) is 3.61. The van der Waals surface area contributed by atoms with Crippen molar-refractivity contribution in [3.05, 3.63) is 42.0 Å². The quantitative estimate of drug-likeness (QED) is 0.586. The number of rotatable bonds is 3. The van der Waals surface area contributed by atoms with Crippen LogP contribution in [0, 0.1) is 12.8 Å². The van der Waals surface area contributed by atoms with Crippen molar-refractivity contribution in [2.24, 2.45) is 5.92 Å². The first-order valence-electron chi connectivity index (χ1n) is 8.32. The van der Waals surface area contributed by atoms with Crippen LogP contribution in [0.4, 0.5) is 10.8 Å². The summed E-state index contributed by atoms with van der Waals surface area (Å²) in [4.78, 5) is 19.4. The second-order valence-electron chi connectivity index (χ2n) is 6.50. The second-order valence-corrected chi connectivity index (χ2v) is 8.03. The number of fused-ring (bicyclic) bond motifs is 2. The Morgan fingerprint density at radius 1 is 1.19 bits per heavy atom. The van der Waals surface area contributed by atoms with Gasteiger partial charge in [0.05, 0.1) is 33.6 Å². The van der Waals surface area contributed by atoms with Crippen LogP contribution in [0.25, 0.3) is 21.3 Å². The molecule has 0 spiro atoms. The summed E-state index contributed by atoms with van der Waals surface area (Å²) in [6.07, 6.45) is 0. The summed E-state index contributed by atoms with van der Waals surface area (Å²) in [6.45, 7) is 3.47. The third kappa shape index (κ3) is 2.62. The maximum absolute atomic E-state index is 12.6. The van der Waals surface area contributed by atoms with Crippen molar-refractivity contribution in [2.75, 3.05) is 23.3 Å². The minimum absolute atomic E-state index is 0.0266. The summed E-state index contributed by atoms with van der Waals surface area (Å²) in [5, 5.41) is 3.99. The lowest BCUT2D eigenvalue weighted by Gasteiger charge is -2.37. The first-order valence-corrected chi connectivity index (χ1v) is 9.86. The first-order chi connectivity index (χ1) is 12.7. The molecule has 0 saturated carbocycles. The second kappa shape index (κ2) is 6.00. The third-order valence-corrected chi connectivity index (χ3v) is 6.22. The summed E-state index contributed by atoms with van der Waals surface area (Å²) in [5.74, 6) is -0.00990. The fourth-order valence-electron chi connectivity index (χ4n) is 3.10. The zero-order valence-corrected chi connectivity index (χ0v) is 15.6. The van der Waals surface area contributed by atoms with Crippen molar-refractivity contribution >= 4 is 61.0 Å². The Hall–Kier alpha value is -2.58. The van der Waals surface area contributed by atoms with Gasteiger partial charge in [-0.15, -0.1) is 0 Å². The van der Waals surface area contributed by atoms with Gasteiger partial charge in [0.2, 0.25) is 5.91 Å². The summed E-state index contributed by atoms with van der Waals surface area (Å²) in [5.41, 5.74) is 4.55. The van der Waals surface area contributed by atoms with E-state index in [4.69, 9.17) is 0 Å². The molecule has 5 rings (SSSR count). The van der Waals surface area contributed by atoms with Crippen LogP contribution in [0.15, 0.2) is 36.4 Å². The van der Waals surface area contributed by atoms with Gasteiger partial charge < -0.3 is 10.2 Å². The molecule has 3 heterocycles. The van der Waals surface area contributed by atoms with E-state index in [1.54, 1.807) is 11.3 Å². The van der Waals surface area contributed by atoms with Crippen molar-refractivity contribution < 1.29 is 4.79 Å². The monoisotopic (exact) mass is 381 g/mol. The van der Waals surface area contributed by atoms with E-state index in [-0.39, 0.29) is 11.8 Å². The fraction of sp³-hybridized carbons (Fsp3) is 0.222. The lowest BCUT2D eigenvalue weighted by molar-refractivity contribution is -0.120. The van der Waals surface area contributed by atoms with Crippen molar-refractivity contribution in [1.82, 2.24) is 13.7 Å². The number of aromatic nitrogens is 3. The van der Waals surface area contributed by atoms with E-state index < -0.39 is 0 Å². The molecule has 26 heavy (non-hydrogen) atoms. The van der Waals surface area contributed by atoms with Gasteiger partial charge >= 0.3 is 0 Å². The van der Waals surface area contributed by atoms with E-state index >= 15 is 0 Å². The zero-order chi connectivity index (χ0) is 17.7. The lowest BCUT2D eigenvalue weighted by atomic mass is 10.00. The minimum atomic E-state index is -0.0365. The van der Waals surface area contributed by atoms with Crippen LogP contribution in [0.3, 0.4) is 0 Å². The molecular formula is C18H15N5OS2. The topological polar surface area (TPSA) is 71.0 Å². The predicted molar refractivity (Wildman–Crippen MR) is 106 cm³/mol. The van der Waals surface area contributed by atoms with E-state index in [1.807, 2.05) is 18.2 Å². The van der Waals surface area contributed by atoms with Crippen LogP contribution < -0.4 is 10.2 Å². The van der Waals surface area contributed by atoms with Gasteiger partial charge in [-0.2, -0.15) is 8.75 Å². The summed E-state index contributed by atoms with van der Waals surface area (Å²) in [6, 6.07) is 11.9. The van der Waals surface area contributed by atoms with Gasteiger partial charge in [0.15, 0.2) is 5.13 Å². The molecule has 1 saturated heterocycles. The molecule has 0 aliphatic carbocycles. The number of hydrogen-bond acceptors (Lipinski definition) is 7. The van der Waals surface area contributed by atoms with Gasteiger partial charge in [0, 0.05) is 13.1 Å². The standard InChI is InChI=1S/C18H15N5OS2/c1-10-5-6-12-15(7-10)25-18(20-12)23-8-11(9-23)17(24)19-13-3-2-4-14-16(13)22-26-21-14/h2-7,11H,8-9H2,1H3,(H,19,24). The van der Waals surface area contributed by atoms with Crippen molar-refractivity contribution in [1.29, 1.82) is 0 Å². The molecule has 6 nitrogen and oxygen atoms in total. The number of amides is 1. The molecule has 1 aliphatic rings. The van der Waals surface area contributed by atoms with E-state index in [2.05, 4.69) is 49.1 Å². The average molecular weight is 381 g/mol. The number of aryl methyl sites for hydroxylation is 1. The van der Waals surface area contributed by atoms with E-state index in [0.29, 0.717) is 13.1 Å². The van der Waals surface area contributed by atoms with Gasteiger partial charge in [-0.25, -0.2) is 4.98 Å². The number of anilines is 2. The highest BCUT2D eigenvalue weighted by Crippen LogP contribution is 2.34. The van der Waals surface area contributed by atoms with Crippen molar-refractivity contribution in [3.63, 3.8) is 0 Å². The van der Waals surface area contributed by atoms with E-state index in [9.17, 15) is 4.79 Å². The highest BCUT2D eigenvalue weighted by atomic mass is 32.1. The Bertz CT molecular complexity index is 1130. The van der Waals surface area contributed by atoms with Crippen LogP contribution in [0.5, 0.6) is 0 Å². The fourth-order valence-corrected chi connectivity index (χ4v) is 4.73. The maximum atomic E-state index is 12.6. The molecule has 0 atom stereocenters. The van der Waals surface area contributed by atoms with Crippen LogP contribution >= 0.6 is 23.1 Å². The molecule has 1 N–H and O–H groups in total. The Balaban J connectivity index is 1.28. The molecule has 2 aromatic heterocycles. The maximum Gasteiger partial charge on any atom is 0.231 e. The predicted octanol–water partition coefficient (Wildman–Crippen LogP) is 3.68. The van der Waals surface area contributed by atoms with Gasteiger partial charge in [0.1, 0.15) is 11.0 Å². The van der Waals surface area contributed by atoms with Crippen molar-refractivity contribution in [3.8, 4) is 0 Å². The molecule has 2 aromatic carbocycles. The third-order valence-electron chi connectivity index (χ3n) is 4.60. The number of nitrogens with one attached hydrogen (secondary N) is 1.